The minimum absolute atomic E-state index is 0.0233. The Morgan fingerprint density at radius 1 is 1.13 bits per heavy atom. The van der Waals surface area contributed by atoms with Crippen LogP contribution in [0.4, 0.5) is 17.6 Å². The second-order valence-electron chi connectivity index (χ2n) is 10.8. The van der Waals surface area contributed by atoms with Gasteiger partial charge in [0.05, 0.1) is 17.7 Å². The molecule has 2 aromatic rings. The quantitative estimate of drug-likeness (QED) is 0.438. The highest BCUT2D eigenvalue weighted by molar-refractivity contribution is 5.88. The highest BCUT2D eigenvalue weighted by Crippen LogP contribution is 2.37. The molecule has 10 heteroatoms. The number of ether oxygens (including phenoxy) is 1. The third kappa shape index (κ3) is 6.44. The lowest BCUT2D eigenvalue weighted by Crippen LogP contribution is -2.58. The van der Waals surface area contributed by atoms with Crippen LogP contribution < -0.4 is 5.32 Å². The van der Waals surface area contributed by atoms with Crippen LogP contribution >= 0.6 is 0 Å². The second-order valence-corrected chi connectivity index (χ2v) is 10.8. The molecule has 2 heterocycles. The fourth-order valence-electron chi connectivity index (χ4n) is 5.71. The van der Waals surface area contributed by atoms with Gasteiger partial charge in [-0.3, -0.25) is 9.69 Å². The molecule has 6 nitrogen and oxygen atoms in total. The highest BCUT2D eigenvalue weighted by atomic mass is 19.4. The number of rotatable bonds is 7. The normalized spacial score (nSPS) is 23.1. The number of likely N-dealkylation sites (tertiary alicyclic amines) is 1. The van der Waals surface area contributed by atoms with E-state index in [2.05, 4.69) is 10.2 Å². The maximum atomic E-state index is 13.8. The topological polar surface area (TPSA) is 78.9 Å². The summed E-state index contributed by atoms with van der Waals surface area (Å²) in [6.07, 6.45) is -1.62. The van der Waals surface area contributed by atoms with Crippen LogP contribution in [-0.4, -0.2) is 53.2 Å². The van der Waals surface area contributed by atoms with E-state index in [9.17, 15) is 32.3 Å². The number of carboxylic acids is 1. The van der Waals surface area contributed by atoms with E-state index in [1.54, 1.807) is 12.1 Å². The van der Waals surface area contributed by atoms with Crippen molar-refractivity contribution in [3.05, 3.63) is 70.5 Å². The summed E-state index contributed by atoms with van der Waals surface area (Å²) in [4.78, 5) is 26.9. The van der Waals surface area contributed by atoms with Crippen molar-refractivity contribution in [3.63, 3.8) is 0 Å². The molecular formula is C29H34F4N2O4. The van der Waals surface area contributed by atoms with Gasteiger partial charge in [-0.2, -0.15) is 13.2 Å². The first-order valence-electron chi connectivity index (χ1n) is 13.3. The second kappa shape index (κ2) is 11.6. The van der Waals surface area contributed by atoms with Crippen LogP contribution in [0, 0.1) is 11.7 Å². The molecule has 4 rings (SSSR count). The molecule has 2 aliphatic rings. The van der Waals surface area contributed by atoms with Crippen molar-refractivity contribution in [2.24, 2.45) is 5.92 Å². The first kappa shape index (κ1) is 29.0. The minimum Gasteiger partial charge on any atom is -0.478 e. The number of benzene rings is 2. The van der Waals surface area contributed by atoms with Gasteiger partial charge in [0.15, 0.2) is 0 Å². The Bertz CT molecular complexity index is 1180. The van der Waals surface area contributed by atoms with Gasteiger partial charge in [-0.15, -0.1) is 0 Å². The number of aromatic carboxylic acids is 1. The lowest BCUT2D eigenvalue weighted by molar-refractivity contribution is -0.170. The lowest BCUT2D eigenvalue weighted by atomic mass is 9.80. The number of amides is 1. The summed E-state index contributed by atoms with van der Waals surface area (Å²) in [5.41, 5.74) is -0.936. The van der Waals surface area contributed by atoms with Crippen LogP contribution in [0.2, 0.25) is 0 Å². The number of nitrogens with one attached hydrogen (secondary N) is 1. The number of alkyl halides is 3. The summed E-state index contributed by atoms with van der Waals surface area (Å²) < 4.78 is 59.1. The first-order valence-corrected chi connectivity index (χ1v) is 13.3. The molecule has 2 fully saturated rings. The molecule has 39 heavy (non-hydrogen) atoms. The smallest absolute Gasteiger partial charge is 0.416 e. The van der Waals surface area contributed by atoms with E-state index < -0.39 is 29.1 Å². The zero-order valence-corrected chi connectivity index (χ0v) is 22.1. The summed E-state index contributed by atoms with van der Waals surface area (Å²) in [6.45, 7) is 5.70. The monoisotopic (exact) mass is 550 g/mol. The van der Waals surface area contributed by atoms with Crippen molar-refractivity contribution in [1.29, 1.82) is 0 Å². The fourth-order valence-corrected chi connectivity index (χ4v) is 5.71. The molecule has 2 saturated heterocycles. The van der Waals surface area contributed by atoms with Crippen molar-refractivity contribution in [2.45, 2.75) is 69.8 Å². The average molecular weight is 551 g/mol. The van der Waals surface area contributed by atoms with E-state index in [4.69, 9.17) is 4.74 Å². The maximum absolute atomic E-state index is 13.8. The molecule has 2 atom stereocenters. The number of piperidine rings is 1. The predicted molar refractivity (Wildman–Crippen MR) is 137 cm³/mol. The van der Waals surface area contributed by atoms with Crippen molar-refractivity contribution in [2.75, 3.05) is 19.7 Å². The molecule has 0 saturated carbocycles. The van der Waals surface area contributed by atoms with E-state index in [1.807, 2.05) is 13.8 Å². The fraction of sp³-hybridized carbons (Fsp3) is 0.517. The van der Waals surface area contributed by atoms with Gasteiger partial charge in [-0.1, -0.05) is 32.0 Å². The van der Waals surface area contributed by atoms with Gasteiger partial charge in [0, 0.05) is 12.6 Å². The van der Waals surface area contributed by atoms with Gasteiger partial charge in [-0.25, -0.2) is 9.18 Å². The summed E-state index contributed by atoms with van der Waals surface area (Å²) in [5.74, 6) is -2.33. The molecule has 0 unspecified atom stereocenters. The van der Waals surface area contributed by atoms with Crippen LogP contribution in [-0.2, 0) is 22.3 Å². The first-order chi connectivity index (χ1) is 18.4. The van der Waals surface area contributed by atoms with Crippen LogP contribution in [0.25, 0.3) is 0 Å². The Hall–Kier alpha value is -2.98. The summed E-state index contributed by atoms with van der Waals surface area (Å²) in [5, 5.41) is 12.0. The number of carbonyl (C=O) groups is 2. The van der Waals surface area contributed by atoms with Crippen LogP contribution in [0.1, 0.15) is 72.5 Å². The van der Waals surface area contributed by atoms with E-state index in [0.29, 0.717) is 18.6 Å². The van der Waals surface area contributed by atoms with Gasteiger partial charge in [0.1, 0.15) is 11.4 Å². The maximum Gasteiger partial charge on any atom is 0.416 e. The summed E-state index contributed by atoms with van der Waals surface area (Å²) in [6, 6.07) is 9.33. The molecule has 2 aromatic carbocycles. The van der Waals surface area contributed by atoms with Crippen LogP contribution in [0.3, 0.4) is 0 Å². The average Bonchev–Trinajstić information content (AvgIpc) is 2.91. The molecule has 212 valence electrons. The number of hydrogen-bond acceptors (Lipinski definition) is 4. The third-order valence-corrected chi connectivity index (χ3v) is 8.14. The van der Waals surface area contributed by atoms with Crippen molar-refractivity contribution in [3.8, 4) is 0 Å². The Labute approximate surface area is 225 Å². The molecule has 2 N–H and O–H groups in total. The van der Waals surface area contributed by atoms with E-state index in [1.165, 1.54) is 18.2 Å². The van der Waals surface area contributed by atoms with Crippen molar-refractivity contribution in [1.82, 2.24) is 10.2 Å². The van der Waals surface area contributed by atoms with E-state index in [0.717, 1.165) is 50.0 Å². The molecule has 0 aliphatic carbocycles. The summed E-state index contributed by atoms with van der Waals surface area (Å²) >= 11 is 0. The number of carbonyl (C=O) groups excluding carboxylic acids is 1. The summed E-state index contributed by atoms with van der Waals surface area (Å²) in [7, 11) is 0. The number of halogens is 4. The highest BCUT2D eigenvalue weighted by Gasteiger charge is 2.47. The van der Waals surface area contributed by atoms with E-state index in [-0.39, 0.29) is 35.9 Å². The van der Waals surface area contributed by atoms with Gasteiger partial charge >= 0.3 is 12.1 Å². The minimum atomic E-state index is -4.45. The number of nitrogens with zero attached hydrogens (tertiary/aromatic N) is 1. The Morgan fingerprint density at radius 3 is 2.44 bits per heavy atom. The molecular weight excluding hydrogens is 516 g/mol. The van der Waals surface area contributed by atoms with Crippen LogP contribution in [0.15, 0.2) is 42.5 Å². The third-order valence-electron chi connectivity index (χ3n) is 8.14. The zero-order valence-electron chi connectivity index (χ0n) is 22.1. The molecule has 0 aromatic heterocycles. The molecule has 0 spiro atoms. The SMILES string of the molecule is CC(C)[C@]1(C(=O)NCc2cccc(C(F)(F)F)c2)CC[C@@H](N2CCC(c3ccc(F)c(C(=O)O)c3)CC2)CO1. The van der Waals surface area contributed by atoms with Gasteiger partial charge in [-0.05, 0) is 86.0 Å². The van der Waals surface area contributed by atoms with Gasteiger partial charge < -0.3 is 15.2 Å². The van der Waals surface area contributed by atoms with Crippen LogP contribution in [0.5, 0.6) is 0 Å². The van der Waals surface area contributed by atoms with Gasteiger partial charge in [0.25, 0.3) is 5.91 Å². The molecule has 0 bridgehead atoms. The largest absolute Gasteiger partial charge is 0.478 e. The zero-order chi connectivity index (χ0) is 28.4. The lowest BCUT2D eigenvalue weighted by Gasteiger charge is -2.46. The number of carboxylic acid groups (broad SMARTS) is 1. The van der Waals surface area contributed by atoms with Crippen molar-refractivity contribution >= 4 is 11.9 Å². The predicted octanol–water partition coefficient (Wildman–Crippen LogP) is 5.61. The van der Waals surface area contributed by atoms with E-state index >= 15 is 0 Å². The molecule has 0 radical (unpaired) electrons. The Morgan fingerprint density at radius 2 is 1.85 bits per heavy atom. The standard InChI is InChI=1S/C29H34F4N2O4/c1-18(2)28(27(38)34-16-19-4-3-5-22(14-19)29(31,32)33)11-8-23(17-39-28)35-12-9-20(10-13-35)21-6-7-25(30)24(15-21)26(36)37/h3-7,14-15,18,20,23H,8-13,16-17H2,1-2H3,(H,34,38)(H,36,37)/t23-,28+/m1/s1. The Balaban J connectivity index is 1.33. The molecule has 2 aliphatic heterocycles. The van der Waals surface area contributed by atoms with Gasteiger partial charge in [0.2, 0.25) is 0 Å². The molecule has 1 amide bonds. The Kier molecular flexibility index (Phi) is 8.66. The van der Waals surface area contributed by atoms with Crippen molar-refractivity contribution < 1.29 is 37.0 Å². The number of hydrogen-bond donors (Lipinski definition) is 2.